The predicted octanol–water partition coefficient (Wildman–Crippen LogP) is 2.18. The van der Waals surface area contributed by atoms with Crippen LogP contribution < -0.4 is 0 Å². The van der Waals surface area contributed by atoms with Crippen molar-refractivity contribution in [2.24, 2.45) is 0 Å². The Bertz CT molecular complexity index is 261. The van der Waals surface area contributed by atoms with Gasteiger partial charge in [-0.15, -0.1) is 0 Å². The summed E-state index contributed by atoms with van der Waals surface area (Å²) in [5, 5.41) is 0. The molecule has 0 bridgehead atoms. The van der Waals surface area contributed by atoms with E-state index in [0.29, 0.717) is 6.08 Å². The molecule has 1 unspecified atom stereocenters. The zero-order valence-electron chi connectivity index (χ0n) is 7.56. The highest BCUT2D eigenvalue weighted by Gasteiger charge is 2.57. The smallest absolute Gasteiger partial charge is 0.293 e. The largest absolute Gasteiger partial charge is 0.425 e. The number of carbonyl (C=O) groups excluding carboxylic acids is 1. The quantitative estimate of drug-likeness (QED) is 0.325. The van der Waals surface area contributed by atoms with Crippen molar-refractivity contribution >= 4 is 5.97 Å². The lowest BCUT2D eigenvalue weighted by atomic mass is 10.2. The molecule has 0 rings (SSSR count). The number of alkyl halides is 6. The lowest BCUT2D eigenvalue weighted by Crippen LogP contribution is -2.44. The van der Waals surface area contributed by atoms with Crippen molar-refractivity contribution in [3.05, 3.63) is 12.7 Å². The van der Waals surface area contributed by atoms with Gasteiger partial charge in [-0.25, -0.2) is 18.0 Å². The SMILES string of the molecule is C=CC(=O)OOCC(F)(F)C(F)C(F)(F)F. The highest BCUT2D eigenvalue weighted by molar-refractivity contribution is 5.80. The van der Waals surface area contributed by atoms with Crippen molar-refractivity contribution in [2.75, 3.05) is 6.61 Å². The normalized spacial score (nSPS) is 14.4. The van der Waals surface area contributed by atoms with E-state index in [2.05, 4.69) is 16.4 Å². The molecular weight excluding hydrogens is 246 g/mol. The van der Waals surface area contributed by atoms with Gasteiger partial charge in [0.1, 0.15) is 0 Å². The Morgan fingerprint density at radius 3 is 2.19 bits per heavy atom. The van der Waals surface area contributed by atoms with Crippen LogP contribution in [-0.4, -0.2) is 30.8 Å². The predicted molar refractivity (Wildman–Crippen MR) is 38.1 cm³/mol. The number of carbonyl (C=O) groups is 1. The van der Waals surface area contributed by atoms with Gasteiger partial charge in [-0.05, 0) is 0 Å². The maximum absolute atomic E-state index is 12.4. The van der Waals surface area contributed by atoms with E-state index in [1.54, 1.807) is 0 Å². The summed E-state index contributed by atoms with van der Waals surface area (Å²) in [6.07, 6.45) is -9.60. The van der Waals surface area contributed by atoms with E-state index >= 15 is 0 Å². The van der Waals surface area contributed by atoms with Crippen molar-refractivity contribution in [3.8, 4) is 0 Å². The Morgan fingerprint density at radius 2 is 1.81 bits per heavy atom. The molecule has 0 aliphatic rings. The molecule has 0 fully saturated rings. The van der Waals surface area contributed by atoms with Crippen LogP contribution in [0.15, 0.2) is 12.7 Å². The van der Waals surface area contributed by atoms with E-state index in [-0.39, 0.29) is 0 Å². The minimum absolute atomic E-state index is 0.523. The molecule has 0 aliphatic carbocycles. The average Bonchev–Trinajstić information content (AvgIpc) is 2.14. The second-order valence-electron chi connectivity index (χ2n) is 2.53. The second-order valence-corrected chi connectivity index (χ2v) is 2.53. The van der Waals surface area contributed by atoms with Crippen molar-refractivity contribution in [2.45, 2.75) is 18.3 Å². The van der Waals surface area contributed by atoms with E-state index in [1.165, 1.54) is 0 Å². The minimum Gasteiger partial charge on any atom is -0.293 e. The molecule has 0 spiro atoms. The Morgan fingerprint density at radius 1 is 1.31 bits per heavy atom. The highest BCUT2D eigenvalue weighted by atomic mass is 19.4. The van der Waals surface area contributed by atoms with Crippen LogP contribution in [0, 0.1) is 0 Å². The number of rotatable bonds is 5. The Kier molecular flexibility index (Phi) is 4.79. The molecule has 0 aromatic rings. The third-order valence-corrected chi connectivity index (χ3v) is 1.22. The summed E-state index contributed by atoms with van der Waals surface area (Å²) in [7, 11) is 0. The number of hydrogen-bond acceptors (Lipinski definition) is 3. The van der Waals surface area contributed by atoms with Crippen molar-refractivity contribution in [1.82, 2.24) is 0 Å². The molecule has 0 radical (unpaired) electrons. The fraction of sp³-hybridized carbons (Fsp3) is 0.571. The van der Waals surface area contributed by atoms with Crippen molar-refractivity contribution in [3.63, 3.8) is 0 Å². The van der Waals surface area contributed by atoms with E-state index < -0.39 is 30.8 Å². The first-order valence-corrected chi connectivity index (χ1v) is 3.65. The van der Waals surface area contributed by atoms with Gasteiger partial charge in [0.2, 0.25) is 0 Å². The molecule has 0 amide bonds. The van der Waals surface area contributed by atoms with Crippen LogP contribution in [0.5, 0.6) is 0 Å². The average molecular weight is 252 g/mol. The Hall–Kier alpha value is -1.25. The van der Waals surface area contributed by atoms with Gasteiger partial charge in [0.15, 0.2) is 6.61 Å². The first-order chi connectivity index (χ1) is 7.11. The minimum atomic E-state index is -5.73. The zero-order valence-corrected chi connectivity index (χ0v) is 7.56. The summed E-state index contributed by atoms with van der Waals surface area (Å²) < 4.78 is 71.7. The molecule has 3 nitrogen and oxygen atoms in total. The third-order valence-electron chi connectivity index (χ3n) is 1.22. The summed E-state index contributed by atoms with van der Waals surface area (Å²) in [6.45, 7) is 0.806. The second kappa shape index (κ2) is 5.19. The number of hydrogen-bond donors (Lipinski definition) is 0. The molecule has 0 N–H and O–H groups in total. The molecule has 94 valence electrons. The molecular formula is C7H6F6O3. The van der Waals surface area contributed by atoms with E-state index in [9.17, 15) is 31.1 Å². The molecule has 1 atom stereocenters. The van der Waals surface area contributed by atoms with Crippen LogP contribution in [0.1, 0.15) is 0 Å². The third kappa shape index (κ3) is 4.51. The molecule has 0 aliphatic heterocycles. The monoisotopic (exact) mass is 252 g/mol. The lowest BCUT2D eigenvalue weighted by Gasteiger charge is -2.21. The van der Waals surface area contributed by atoms with Gasteiger partial charge in [0, 0.05) is 6.08 Å². The van der Waals surface area contributed by atoms with E-state index in [1.807, 2.05) is 0 Å². The van der Waals surface area contributed by atoms with Gasteiger partial charge in [0.05, 0.1) is 0 Å². The Labute approximate surface area is 85.6 Å². The van der Waals surface area contributed by atoms with Gasteiger partial charge in [-0.2, -0.15) is 18.1 Å². The standard InChI is InChI=1S/C7H6F6O3/c1-2-4(14)16-15-3-6(9,10)5(8)7(11,12)13/h2,5H,1,3H2. The fourth-order valence-electron chi connectivity index (χ4n) is 0.513. The van der Waals surface area contributed by atoms with Gasteiger partial charge in [-0.1, -0.05) is 6.58 Å². The molecule has 0 aromatic heterocycles. The molecule has 0 saturated heterocycles. The van der Waals surface area contributed by atoms with Crippen molar-refractivity contribution in [1.29, 1.82) is 0 Å². The highest BCUT2D eigenvalue weighted by Crippen LogP contribution is 2.34. The van der Waals surface area contributed by atoms with Crippen LogP contribution >= 0.6 is 0 Å². The van der Waals surface area contributed by atoms with Crippen LogP contribution in [0.25, 0.3) is 0 Å². The maximum Gasteiger partial charge on any atom is 0.425 e. The van der Waals surface area contributed by atoms with Gasteiger partial charge < -0.3 is 0 Å². The summed E-state index contributed by atoms with van der Waals surface area (Å²) in [5.41, 5.74) is 0. The summed E-state index contributed by atoms with van der Waals surface area (Å²) in [6, 6.07) is 0. The van der Waals surface area contributed by atoms with Crippen molar-refractivity contribution < 1.29 is 40.9 Å². The van der Waals surface area contributed by atoms with Crippen LogP contribution in [0.2, 0.25) is 0 Å². The summed E-state index contributed by atoms with van der Waals surface area (Å²) in [4.78, 5) is 17.2. The Balaban J connectivity index is 4.24. The topological polar surface area (TPSA) is 35.5 Å². The molecule has 9 heteroatoms. The van der Waals surface area contributed by atoms with E-state index in [4.69, 9.17) is 0 Å². The molecule has 0 heterocycles. The zero-order chi connectivity index (χ0) is 13.0. The van der Waals surface area contributed by atoms with Gasteiger partial charge in [0.25, 0.3) is 6.17 Å². The van der Waals surface area contributed by atoms with Crippen LogP contribution in [0.4, 0.5) is 26.3 Å². The fourth-order valence-corrected chi connectivity index (χ4v) is 0.513. The summed E-state index contributed by atoms with van der Waals surface area (Å²) in [5.74, 6) is -6.14. The first kappa shape index (κ1) is 14.8. The first-order valence-electron chi connectivity index (χ1n) is 3.65. The summed E-state index contributed by atoms with van der Waals surface area (Å²) >= 11 is 0. The molecule has 0 aromatic carbocycles. The van der Waals surface area contributed by atoms with Crippen LogP contribution in [-0.2, 0) is 14.6 Å². The maximum atomic E-state index is 12.4. The number of halogens is 6. The van der Waals surface area contributed by atoms with Crippen LogP contribution in [0.3, 0.4) is 0 Å². The molecule has 0 saturated carbocycles. The van der Waals surface area contributed by atoms with E-state index in [0.717, 1.165) is 0 Å². The van der Waals surface area contributed by atoms with Gasteiger partial charge in [-0.3, -0.25) is 4.89 Å². The van der Waals surface area contributed by atoms with Gasteiger partial charge >= 0.3 is 18.1 Å². The molecule has 16 heavy (non-hydrogen) atoms. The lowest BCUT2D eigenvalue weighted by molar-refractivity contribution is -0.320.